The molecule has 4 nitrogen and oxygen atoms in total. The molecule has 1 amide bonds. The van der Waals surface area contributed by atoms with Gasteiger partial charge in [0.15, 0.2) is 0 Å². The van der Waals surface area contributed by atoms with Gasteiger partial charge in [-0.05, 0) is 5.56 Å². The number of amides is 1. The molecule has 0 bridgehead atoms. The van der Waals surface area contributed by atoms with Gasteiger partial charge in [-0.1, -0.05) is 30.3 Å². The van der Waals surface area contributed by atoms with E-state index in [9.17, 15) is 9.90 Å². The molecule has 1 aromatic carbocycles. The maximum absolute atomic E-state index is 12.0. The molecule has 1 aliphatic rings. The van der Waals surface area contributed by atoms with Crippen LogP contribution in [0.1, 0.15) is 5.56 Å². The highest BCUT2D eigenvalue weighted by Gasteiger charge is 2.23. The summed E-state index contributed by atoms with van der Waals surface area (Å²) < 4.78 is 0. The van der Waals surface area contributed by atoms with Gasteiger partial charge in [0.25, 0.3) is 5.91 Å². The number of nitrogens with one attached hydrogen (secondary N) is 1. The normalized spacial score (nSPS) is 17.8. The molecule has 1 fully saturated rings. The largest absolute Gasteiger partial charge is 0.383 e. The third-order valence-electron chi connectivity index (χ3n) is 2.99. The Kier molecular flexibility index (Phi) is 4.12. The van der Waals surface area contributed by atoms with Crippen molar-refractivity contribution in [3.63, 3.8) is 0 Å². The minimum atomic E-state index is -0.921. The molecule has 2 N–H and O–H groups in total. The maximum atomic E-state index is 12.0. The molecule has 2 rings (SSSR count). The number of aliphatic hydroxyl groups excluding tert-OH is 1. The number of benzene rings is 1. The Bertz CT molecular complexity index is 361. The Labute approximate surface area is 101 Å². The fraction of sp³-hybridized carbons (Fsp3) is 0.462. The lowest BCUT2D eigenvalue weighted by atomic mass is 10.1. The molecule has 1 unspecified atom stereocenters. The third-order valence-corrected chi connectivity index (χ3v) is 2.99. The molecule has 92 valence electrons. The van der Waals surface area contributed by atoms with E-state index in [1.165, 1.54) is 0 Å². The van der Waals surface area contributed by atoms with Crippen LogP contribution in [0.15, 0.2) is 30.3 Å². The Balaban J connectivity index is 1.90. The quantitative estimate of drug-likeness (QED) is 0.775. The minimum absolute atomic E-state index is 0.157. The maximum Gasteiger partial charge on any atom is 0.251 e. The Morgan fingerprint density at radius 2 is 1.94 bits per heavy atom. The van der Waals surface area contributed by atoms with Crippen LogP contribution in [0.3, 0.4) is 0 Å². The molecule has 0 radical (unpaired) electrons. The molecule has 0 aliphatic carbocycles. The minimum Gasteiger partial charge on any atom is -0.383 e. The van der Waals surface area contributed by atoms with Crippen LogP contribution < -0.4 is 5.32 Å². The van der Waals surface area contributed by atoms with Crippen molar-refractivity contribution < 1.29 is 9.90 Å². The van der Waals surface area contributed by atoms with Gasteiger partial charge in [-0.2, -0.15) is 0 Å². The molecule has 0 spiro atoms. The van der Waals surface area contributed by atoms with Crippen LogP contribution in [0, 0.1) is 0 Å². The molecule has 1 aliphatic heterocycles. The molecular formula is C13H18N2O2. The van der Waals surface area contributed by atoms with Crippen LogP contribution >= 0.6 is 0 Å². The third kappa shape index (κ3) is 3.28. The molecule has 1 atom stereocenters. The highest BCUT2D eigenvalue weighted by Crippen LogP contribution is 2.06. The van der Waals surface area contributed by atoms with Crippen LogP contribution in [-0.2, 0) is 11.2 Å². The number of carbonyl (C=O) groups is 1. The Hall–Kier alpha value is -1.39. The van der Waals surface area contributed by atoms with Crippen molar-refractivity contribution in [3.05, 3.63) is 35.9 Å². The number of nitrogens with zero attached hydrogens (tertiary/aromatic N) is 1. The van der Waals surface area contributed by atoms with E-state index in [0.717, 1.165) is 18.7 Å². The predicted molar refractivity (Wildman–Crippen MR) is 65.6 cm³/mol. The summed E-state index contributed by atoms with van der Waals surface area (Å²) in [6.07, 6.45) is -0.528. The summed E-state index contributed by atoms with van der Waals surface area (Å²) in [4.78, 5) is 13.7. The lowest BCUT2D eigenvalue weighted by molar-refractivity contribution is -0.140. The first kappa shape index (κ1) is 12.1. The summed E-state index contributed by atoms with van der Waals surface area (Å²) in [7, 11) is 0. The van der Waals surface area contributed by atoms with Crippen molar-refractivity contribution in [3.8, 4) is 0 Å². The second-order valence-corrected chi connectivity index (χ2v) is 4.28. The number of rotatable bonds is 3. The number of carbonyl (C=O) groups excluding carboxylic acids is 1. The number of piperazine rings is 1. The standard InChI is InChI=1S/C13H18N2O2/c16-12(10-11-4-2-1-3-5-11)13(17)15-8-6-14-7-9-15/h1-5,12,14,16H,6-10H2. The smallest absolute Gasteiger partial charge is 0.251 e. The average molecular weight is 234 g/mol. The lowest BCUT2D eigenvalue weighted by Crippen LogP contribution is -2.50. The van der Waals surface area contributed by atoms with Crippen LogP contribution in [0.25, 0.3) is 0 Å². The van der Waals surface area contributed by atoms with Crippen molar-refractivity contribution in [2.75, 3.05) is 26.2 Å². The molecule has 1 heterocycles. The fourth-order valence-electron chi connectivity index (χ4n) is 2.02. The first-order valence-corrected chi connectivity index (χ1v) is 5.99. The first-order chi connectivity index (χ1) is 8.27. The lowest BCUT2D eigenvalue weighted by Gasteiger charge is -2.29. The fourth-order valence-corrected chi connectivity index (χ4v) is 2.02. The monoisotopic (exact) mass is 234 g/mol. The van der Waals surface area contributed by atoms with Gasteiger partial charge in [0.05, 0.1) is 0 Å². The van der Waals surface area contributed by atoms with Crippen molar-refractivity contribution >= 4 is 5.91 Å². The zero-order valence-corrected chi connectivity index (χ0v) is 9.80. The van der Waals surface area contributed by atoms with E-state index in [0.29, 0.717) is 19.5 Å². The SMILES string of the molecule is O=C(C(O)Cc1ccccc1)N1CCNCC1. The first-order valence-electron chi connectivity index (χ1n) is 5.99. The summed E-state index contributed by atoms with van der Waals surface area (Å²) in [6.45, 7) is 2.99. The van der Waals surface area contributed by atoms with Crippen molar-refractivity contribution in [1.82, 2.24) is 10.2 Å². The van der Waals surface area contributed by atoms with Crippen molar-refractivity contribution in [1.29, 1.82) is 0 Å². The van der Waals surface area contributed by atoms with E-state index >= 15 is 0 Å². The molecular weight excluding hydrogens is 216 g/mol. The average Bonchev–Trinajstić information content (AvgIpc) is 2.40. The topological polar surface area (TPSA) is 52.6 Å². The molecule has 0 saturated carbocycles. The van der Waals surface area contributed by atoms with E-state index in [-0.39, 0.29) is 5.91 Å². The molecule has 4 heteroatoms. The van der Waals surface area contributed by atoms with Crippen LogP contribution in [0.5, 0.6) is 0 Å². The Morgan fingerprint density at radius 3 is 2.59 bits per heavy atom. The number of hydrogen-bond donors (Lipinski definition) is 2. The van der Waals surface area contributed by atoms with Crippen molar-refractivity contribution in [2.45, 2.75) is 12.5 Å². The molecule has 1 saturated heterocycles. The van der Waals surface area contributed by atoms with E-state index in [1.54, 1.807) is 4.90 Å². The van der Waals surface area contributed by atoms with Crippen molar-refractivity contribution in [2.24, 2.45) is 0 Å². The summed E-state index contributed by atoms with van der Waals surface area (Å²) in [5, 5.41) is 13.1. The van der Waals surface area contributed by atoms with E-state index in [2.05, 4.69) is 5.32 Å². The second-order valence-electron chi connectivity index (χ2n) is 4.28. The molecule has 17 heavy (non-hydrogen) atoms. The zero-order chi connectivity index (χ0) is 12.1. The highest BCUT2D eigenvalue weighted by atomic mass is 16.3. The molecule has 0 aromatic heterocycles. The summed E-state index contributed by atoms with van der Waals surface area (Å²) in [5.74, 6) is -0.157. The van der Waals surface area contributed by atoms with Gasteiger partial charge in [-0.25, -0.2) is 0 Å². The number of hydrogen-bond acceptors (Lipinski definition) is 3. The van der Waals surface area contributed by atoms with Gasteiger partial charge < -0.3 is 15.3 Å². The zero-order valence-electron chi connectivity index (χ0n) is 9.80. The van der Waals surface area contributed by atoms with E-state index < -0.39 is 6.10 Å². The van der Waals surface area contributed by atoms with Gasteiger partial charge in [-0.3, -0.25) is 4.79 Å². The van der Waals surface area contributed by atoms with Gasteiger partial charge in [-0.15, -0.1) is 0 Å². The van der Waals surface area contributed by atoms with Crippen LogP contribution in [0.2, 0.25) is 0 Å². The van der Waals surface area contributed by atoms with Gasteiger partial charge in [0.1, 0.15) is 6.10 Å². The van der Waals surface area contributed by atoms with E-state index in [4.69, 9.17) is 0 Å². The van der Waals surface area contributed by atoms with Gasteiger partial charge in [0, 0.05) is 32.6 Å². The highest BCUT2D eigenvalue weighted by molar-refractivity contribution is 5.81. The van der Waals surface area contributed by atoms with Gasteiger partial charge >= 0.3 is 0 Å². The van der Waals surface area contributed by atoms with Crippen LogP contribution in [-0.4, -0.2) is 48.2 Å². The summed E-state index contributed by atoms with van der Waals surface area (Å²) in [5.41, 5.74) is 0.989. The molecule has 1 aromatic rings. The van der Waals surface area contributed by atoms with E-state index in [1.807, 2.05) is 30.3 Å². The van der Waals surface area contributed by atoms with Gasteiger partial charge in [0.2, 0.25) is 0 Å². The Morgan fingerprint density at radius 1 is 1.29 bits per heavy atom. The summed E-state index contributed by atoms with van der Waals surface area (Å²) >= 11 is 0. The number of aliphatic hydroxyl groups is 1. The second kappa shape index (κ2) is 5.80. The van der Waals surface area contributed by atoms with Crippen LogP contribution in [0.4, 0.5) is 0 Å². The predicted octanol–water partition coefficient (Wildman–Crippen LogP) is 0.0218. The summed E-state index contributed by atoms with van der Waals surface area (Å²) in [6, 6.07) is 9.60.